The average Bonchev–Trinajstić information content (AvgIpc) is 2.51. The molecule has 20 heavy (non-hydrogen) atoms. The summed E-state index contributed by atoms with van der Waals surface area (Å²) in [7, 11) is 0. The zero-order valence-electron chi connectivity index (χ0n) is 11.9. The summed E-state index contributed by atoms with van der Waals surface area (Å²) in [6.07, 6.45) is 5.67. The van der Waals surface area contributed by atoms with Gasteiger partial charge in [0.05, 0.1) is 0 Å². The standard InChI is InChI=1S/C17H20N2O/c1-14-5-7-15(8-6-14)20-16-9-10-18-17(13-16)19-11-3-2-4-12-19/h5-10,13H,2-4,11-12H2,1H3. The summed E-state index contributed by atoms with van der Waals surface area (Å²) >= 11 is 0. The Bertz CT molecular complexity index is 559. The van der Waals surface area contributed by atoms with E-state index in [-0.39, 0.29) is 0 Å². The van der Waals surface area contributed by atoms with E-state index in [1.807, 2.05) is 30.5 Å². The van der Waals surface area contributed by atoms with Crippen molar-refractivity contribution in [3.8, 4) is 11.5 Å². The maximum absolute atomic E-state index is 5.90. The van der Waals surface area contributed by atoms with Crippen LogP contribution in [0.15, 0.2) is 42.6 Å². The van der Waals surface area contributed by atoms with Crippen molar-refractivity contribution in [1.29, 1.82) is 0 Å². The van der Waals surface area contributed by atoms with Crippen LogP contribution in [-0.4, -0.2) is 18.1 Å². The van der Waals surface area contributed by atoms with E-state index in [9.17, 15) is 0 Å². The smallest absolute Gasteiger partial charge is 0.132 e. The van der Waals surface area contributed by atoms with E-state index in [4.69, 9.17) is 4.74 Å². The van der Waals surface area contributed by atoms with Crippen LogP contribution in [0.2, 0.25) is 0 Å². The second-order valence-corrected chi connectivity index (χ2v) is 5.31. The molecule has 1 fully saturated rings. The predicted molar refractivity (Wildman–Crippen MR) is 81.6 cm³/mol. The molecule has 0 atom stereocenters. The fourth-order valence-electron chi connectivity index (χ4n) is 2.50. The van der Waals surface area contributed by atoms with Crippen molar-refractivity contribution in [2.24, 2.45) is 0 Å². The summed E-state index contributed by atoms with van der Waals surface area (Å²) in [4.78, 5) is 6.80. The Hall–Kier alpha value is -2.03. The molecule has 0 N–H and O–H groups in total. The second kappa shape index (κ2) is 5.95. The van der Waals surface area contributed by atoms with Gasteiger partial charge >= 0.3 is 0 Å². The predicted octanol–water partition coefficient (Wildman–Crippen LogP) is 4.17. The monoisotopic (exact) mass is 268 g/mol. The molecule has 0 aliphatic carbocycles. The highest BCUT2D eigenvalue weighted by atomic mass is 16.5. The minimum absolute atomic E-state index is 0.851. The molecule has 3 nitrogen and oxygen atoms in total. The maximum Gasteiger partial charge on any atom is 0.132 e. The molecule has 3 heteroatoms. The van der Waals surface area contributed by atoms with E-state index in [2.05, 4.69) is 28.9 Å². The molecule has 1 aromatic carbocycles. The molecule has 0 unspecified atom stereocenters. The van der Waals surface area contributed by atoms with Crippen molar-refractivity contribution in [2.75, 3.05) is 18.0 Å². The van der Waals surface area contributed by atoms with Crippen LogP contribution in [0, 0.1) is 6.92 Å². The Morgan fingerprint density at radius 2 is 1.70 bits per heavy atom. The van der Waals surface area contributed by atoms with E-state index >= 15 is 0 Å². The highest BCUT2D eigenvalue weighted by Gasteiger charge is 2.12. The molecule has 104 valence electrons. The zero-order valence-corrected chi connectivity index (χ0v) is 11.9. The number of pyridine rings is 1. The van der Waals surface area contributed by atoms with E-state index in [1.54, 1.807) is 0 Å². The van der Waals surface area contributed by atoms with Crippen LogP contribution in [0.1, 0.15) is 24.8 Å². The number of rotatable bonds is 3. The lowest BCUT2D eigenvalue weighted by molar-refractivity contribution is 0.481. The van der Waals surface area contributed by atoms with Gasteiger partial charge in [0.25, 0.3) is 0 Å². The van der Waals surface area contributed by atoms with Crippen molar-refractivity contribution in [3.05, 3.63) is 48.2 Å². The molecular formula is C17H20N2O. The molecule has 1 aromatic heterocycles. The number of aromatic nitrogens is 1. The van der Waals surface area contributed by atoms with Crippen molar-refractivity contribution < 1.29 is 4.74 Å². The number of nitrogens with zero attached hydrogens (tertiary/aromatic N) is 2. The van der Waals surface area contributed by atoms with Crippen LogP contribution in [0.25, 0.3) is 0 Å². The number of piperidine rings is 1. The third-order valence-electron chi connectivity index (χ3n) is 3.65. The summed E-state index contributed by atoms with van der Waals surface area (Å²) in [5.41, 5.74) is 1.24. The van der Waals surface area contributed by atoms with E-state index in [0.29, 0.717) is 0 Å². The molecule has 2 aromatic rings. The first-order valence-electron chi connectivity index (χ1n) is 7.27. The summed E-state index contributed by atoms with van der Waals surface area (Å²) < 4.78 is 5.90. The quantitative estimate of drug-likeness (QED) is 0.835. The van der Waals surface area contributed by atoms with Crippen molar-refractivity contribution >= 4 is 5.82 Å². The minimum Gasteiger partial charge on any atom is -0.457 e. The van der Waals surface area contributed by atoms with Crippen LogP contribution in [-0.2, 0) is 0 Å². The molecule has 1 aliphatic rings. The highest BCUT2D eigenvalue weighted by molar-refractivity contribution is 5.45. The highest BCUT2D eigenvalue weighted by Crippen LogP contribution is 2.26. The number of hydrogen-bond acceptors (Lipinski definition) is 3. The molecule has 1 saturated heterocycles. The van der Waals surface area contributed by atoms with Gasteiger partial charge in [-0.15, -0.1) is 0 Å². The Morgan fingerprint density at radius 3 is 2.45 bits per heavy atom. The Labute approximate surface area is 120 Å². The Morgan fingerprint density at radius 1 is 0.950 bits per heavy atom. The molecule has 0 radical (unpaired) electrons. The molecule has 0 amide bonds. The third kappa shape index (κ3) is 3.10. The SMILES string of the molecule is Cc1ccc(Oc2ccnc(N3CCCCC3)c2)cc1. The molecule has 0 spiro atoms. The van der Waals surface area contributed by atoms with Gasteiger partial charge in [-0.05, 0) is 44.4 Å². The largest absolute Gasteiger partial charge is 0.457 e. The molecule has 0 bridgehead atoms. The number of hydrogen-bond donors (Lipinski definition) is 0. The van der Waals surface area contributed by atoms with Crippen molar-refractivity contribution in [3.63, 3.8) is 0 Å². The summed E-state index contributed by atoms with van der Waals surface area (Å²) in [5, 5.41) is 0. The first kappa shape index (κ1) is 13.0. The number of aryl methyl sites for hydroxylation is 1. The third-order valence-corrected chi connectivity index (χ3v) is 3.65. The van der Waals surface area contributed by atoms with Crippen LogP contribution >= 0.6 is 0 Å². The van der Waals surface area contributed by atoms with E-state index < -0.39 is 0 Å². The molecular weight excluding hydrogens is 248 g/mol. The van der Waals surface area contributed by atoms with Gasteiger partial charge in [-0.3, -0.25) is 0 Å². The lowest BCUT2D eigenvalue weighted by Gasteiger charge is -2.27. The number of ether oxygens (including phenoxy) is 1. The van der Waals surface area contributed by atoms with Gasteiger partial charge in [-0.25, -0.2) is 4.98 Å². The summed E-state index contributed by atoms with van der Waals surface area (Å²) in [6.45, 7) is 4.27. The lowest BCUT2D eigenvalue weighted by atomic mass is 10.1. The summed E-state index contributed by atoms with van der Waals surface area (Å²) in [6, 6.07) is 12.1. The van der Waals surface area contributed by atoms with Gasteiger partial charge in [0.2, 0.25) is 0 Å². The maximum atomic E-state index is 5.90. The average molecular weight is 268 g/mol. The van der Waals surface area contributed by atoms with Crippen LogP contribution in [0.5, 0.6) is 11.5 Å². The Kier molecular flexibility index (Phi) is 3.86. The topological polar surface area (TPSA) is 25.4 Å². The molecule has 3 rings (SSSR count). The summed E-state index contributed by atoms with van der Waals surface area (Å²) in [5.74, 6) is 2.74. The van der Waals surface area contributed by atoms with Gasteiger partial charge in [0.1, 0.15) is 17.3 Å². The molecule has 2 heterocycles. The first-order valence-corrected chi connectivity index (χ1v) is 7.27. The van der Waals surface area contributed by atoms with Gasteiger partial charge in [-0.1, -0.05) is 17.7 Å². The van der Waals surface area contributed by atoms with E-state index in [0.717, 1.165) is 30.4 Å². The van der Waals surface area contributed by atoms with Gasteiger partial charge in [-0.2, -0.15) is 0 Å². The molecule has 1 aliphatic heterocycles. The van der Waals surface area contributed by atoms with Gasteiger partial charge in [0, 0.05) is 25.4 Å². The van der Waals surface area contributed by atoms with Crippen LogP contribution in [0.3, 0.4) is 0 Å². The van der Waals surface area contributed by atoms with Crippen molar-refractivity contribution in [2.45, 2.75) is 26.2 Å². The van der Waals surface area contributed by atoms with Crippen molar-refractivity contribution in [1.82, 2.24) is 4.98 Å². The second-order valence-electron chi connectivity index (χ2n) is 5.31. The zero-order chi connectivity index (χ0) is 13.8. The minimum atomic E-state index is 0.851. The lowest BCUT2D eigenvalue weighted by Crippen LogP contribution is -2.30. The first-order chi connectivity index (χ1) is 9.81. The number of anilines is 1. The van der Waals surface area contributed by atoms with Crippen LogP contribution < -0.4 is 9.64 Å². The number of benzene rings is 1. The van der Waals surface area contributed by atoms with Gasteiger partial charge in [0.15, 0.2) is 0 Å². The fraction of sp³-hybridized carbons (Fsp3) is 0.353. The molecule has 0 saturated carbocycles. The van der Waals surface area contributed by atoms with Crippen LogP contribution in [0.4, 0.5) is 5.82 Å². The van der Waals surface area contributed by atoms with Gasteiger partial charge < -0.3 is 9.64 Å². The fourth-order valence-corrected chi connectivity index (χ4v) is 2.50. The normalized spacial score (nSPS) is 15.2. The van der Waals surface area contributed by atoms with E-state index in [1.165, 1.54) is 24.8 Å². The Balaban J connectivity index is 1.75.